The average Bonchev–Trinajstić information content (AvgIpc) is 2.95. The van der Waals surface area contributed by atoms with Gasteiger partial charge in [0.05, 0.1) is 29.7 Å². The highest BCUT2D eigenvalue weighted by Crippen LogP contribution is 2.38. The maximum atomic E-state index is 12.8. The SMILES string of the molecule is COc1ccc(OC)c(/C=C2/SC(=S)N(c3ccc([N+](=O)[O-])cc3)C2=O)c1. The lowest BCUT2D eigenvalue weighted by Gasteiger charge is -2.14. The molecule has 0 unspecified atom stereocenters. The molecule has 0 spiro atoms. The van der Waals surface area contributed by atoms with E-state index in [2.05, 4.69) is 0 Å². The Bertz CT molecular complexity index is 957. The predicted molar refractivity (Wildman–Crippen MR) is 108 cm³/mol. The fraction of sp³-hybridized carbons (Fsp3) is 0.111. The Hall–Kier alpha value is -2.91. The Morgan fingerprint density at radius 2 is 1.85 bits per heavy atom. The summed E-state index contributed by atoms with van der Waals surface area (Å²) in [6, 6.07) is 10.9. The number of ether oxygens (including phenoxy) is 2. The molecule has 27 heavy (non-hydrogen) atoms. The molecule has 0 bridgehead atoms. The fourth-order valence-electron chi connectivity index (χ4n) is 2.51. The number of nitrogens with zero attached hydrogens (tertiary/aromatic N) is 2. The van der Waals surface area contributed by atoms with E-state index in [9.17, 15) is 14.9 Å². The van der Waals surface area contributed by atoms with E-state index in [4.69, 9.17) is 21.7 Å². The van der Waals surface area contributed by atoms with Crippen LogP contribution in [0.15, 0.2) is 47.4 Å². The molecule has 1 aliphatic rings. The number of hydrogen-bond acceptors (Lipinski definition) is 7. The molecule has 0 radical (unpaired) electrons. The van der Waals surface area contributed by atoms with Gasteiger partial charge in [-0.05, 0) is 36.4 Å². The lowest BCUT2D eigenvalue weighted by Crippen LogP contribution is -2.27. The Labute approximate surface area is 164 Å². The molecule has 1 saturated heterocycles. The van der Waals surface area contributed by atoms with E-state index < -0.39 is 4.92 Å². The summed E-state index contributed by atoms with van der Waals surface area (Å²) in [7, 11) is 3.10. The van der Waals surface area contributed by atoms with Crippen molar-refractivity contribution < 1.29 is 19.2 Å². The number of amides is 1. The minimum absolute atomic E-state index is 0.0548. The number of anilines is 1. The van der Waals surface area contributed by atoms with Crippen molar-refractivity contribution in [2.75, 3.05) is 19.1 Å². The van der Waals surface area contributed by atoms with Gasteiger partial charge in [0.25, 0.3) is 11.6 Å². The van der Waals surface area contributed by atoms with Crippen LogP contribution in [0.4, 0.5) is 11.4 Å². The molecule has 0 N–H and O–H groups in total. The van der Waals surface area contributed by atoms with Gasteiger partial charge >= 0.3 is 0 Å². The summed E-state index contributed by atoms with van der Waals surface area (Å²) in [5.41, 5.74) is 1.10. The zero-order valence-corrected chi connectivity index (χ0v) is 16.0. The van der Waals surface area contributed by atoms with Crippen molar-refractivity contribution in [2.24, 2.45) is 0 Å². The molecule has 2 aromatic carbocycles. The maximum absolute atomic E-state index is 12.8. The molecular weight excluding hydrogens is 388 g/mol. The van der Waals surface area contributed by atoms with E-state index in [0.29, 0.717) is 32.0 Å². The molecule has 1 amide bonds. The highest BCUT2D eigenvalue weighted by molar-refractivity contribution is 8.27. The second kappa shape index (κ2) is 7.77. The molecule has 0 saturated carbocycles. The number of thiocarbonyl (C=S) groups is 1. The van der Waals surface area contributed by atoms with Crippen LogP contribution in [0.25, 0.3) is 6.08 Å². The van der Waals surface area contributed by atoms with Crippen molar-refractivity contribution >= 4 is 51.7 Å². The summed E-state index contributed by atoms with van der Waals surface area (Å²) >= 11 is 6.48. The van der Waals surface area contributed by atoms with Gasteiger partial charge in [0, 0.05) is 17.7 Å². The molecule has 1 heterocycles. The number of benzene rings is 2. The number of thioether (sulfide) groups is 1. The van der Waals surface area contributed by atoms with Gasteiger partial charge in [0.2, 0.25) is 0 Å². The first kappa shape index (κ1) is 18.9. The predicted octanol–water partition coefficient (Wildman–Crippen LogP) is 4.02. The third-order valence-corrected chi connectivity index (χ3v) is 5.14. The molecule has 1 aliphatic heterocycles. The van der Waals surface area contributed by atoms with Gasteiger partial charge in [-0.25, -0.2) is 0 Å². The smallest absolute Gasteiger partial charge is 0.270 e. The number of non-ortho nitro benzene ring substituents is 1. The topological polar surface area (TPSA) is 81.9 Å². The van der Waals surface area contributed by atoms with E-state index in [1.165, 1.54) is 29.2 Å². The van der Waals surface area contributed by atoms with Crippen LogP contribution < -0.4 is 14.4 Å². The van der Waals surface area contributed by atoms with Crippen LogP contribution >= 0.6 is 24.0 Å². The summed E-state index contributed by atoms with van der Waals surface area (Å²) in [6.45, 7) is 0. The van der Waals surface area contributed by atoms with Crippen LogP contribution in [0.5, 0.6) is 11.5 Å². The van der Waals surface area contributed by atoms with Gasteiger partial charge in [-0.2, -0.15) is 0 Å². The summed E-state index contributed by atoms with van der Waals surface area (Å²) < 4.78 is 10.9. The Morgan fingerprint density at radius 3 is 2.44 bits per heavy atom. The number of hydrogen-bond donors (Lipinski definition) is 0. The molecule has 1 fully saturated rings. The lowest BCUT2D eigenvalue weighted by atomic mass is 10.1. The number of rotatable bonds is 5. The minimum Gasteiger partial charge on any atom is -0.497 e. The second-order valence-corrected chi connectivity index (χ2v) is 7.07. The van der Waals surface area contributed by atoms with Crippen LogP contribution in [0.3, 0.4) is 0 Å². The summed E-state index contributed by atoms with van der Waals surface area (Å²) in [6.07, 6.45) is 1.69. The van der Waals surface area contributed by atoms with Crippen LogP contribution in [0, 0.1) is 10.1 Å². The van der Waals surface area contributed by atoms with Gasteiger partial charge in [-0.3, -0.25) is 19.8 Å². The monoisotopic (exact) mass is 402 g/mol. The van der Waals surface area contributed by atoms with Gasteiger partial charge in [0.15, 0.2) is 4.32 Å². The lowest BCUT2D eigenvalue weighted by molar-refractivity contribution is -0.384. The van der Waals surface area contributed by atoms with E-state index in [1.807, 2.05) is 0 Å². The van der Waals surface area contributed by atoms with Crippen LogP contribution in [0.2, 0.25) is 0 Å². The fourth-order valence-corrected chi connectivity index (χ4v) is 3.80. The van der Waals surface area contributed by atoms with E-state index in [-0.39, 0.29) is 11.6 Å². The molecule has 2 aromatic rings. The van der Waals surface area contributed by atoms with Gasteiger partial charge in [-0.15, -0.1) is 0 Å². The summed E-state index contributed by atoms with van der Waals surface area (Å²) in [5.74, 6) is 0.924. The van der Waals surface area contributed by atoms with Crippen molar-refractivity contribution in [3.05, 3.63) is 63.0 Å². The van der Waals surface area contributed by atoms with Crippen molar-refractivity contribution in [3.8, 4) is 11.5 Å². The maximum Gasteiger partial charge on any atom is 0.270 e. The Kier molecular flexibility index (Phi) is 5.43. The van der Waals surface area contributed by atoms with Crippen molar-refractivity contribution in [2.45, 2.75) is 0 Å². The van der Waals surface area contributed by atoms with Crippen molar-refractivity contribution in [1.29, 1.82) is 0 Å². The number of nitro groups is 1. The highest BCUT2D eigenvalue weighted by Gasteiger charge is 2.33. The number of carbonyl (C=O) groups is 1. The highest BCUT2D eigenvalue weighted by atomic mass is 32.2. The molecule has 3 rings (SSSR count). The van der Waals surface area contributed by atoms with E-state index in [0.717, 1.165) is 11.8 Å². The van der Waals surface area contributed by atoms with E-state index in [1.54, 1.807) is 38.5 Å². The standard InChI is InChI=1S/C18H14N2O5S2/c1-24-14-7-8-15(25-2)11(9-14)10-16-17(21)19(18(26)27-16)12-3-5-13(6-4-12)20(22)23/h3-10H,1-2H3/b16-10+. The van der Waals surface area contributed by atoms with E-state index >= 15 is 0 Å². The second-order valence-electron chi connectivity index (χ2n) is 5.40. The zero-order chi connectivity index (χ0) is 19.6. The van der Waals surface area contributed by atoms with Gasteiger partial charge in [-0.1, -0.05) is 24.0 Å². The molecule has 0 atom stereocenters. The average molecular weight is 402 g/mol. The molecule has 0 aromatic heterocycles. The zero-order valence-electron chi connectivity index (χ0n) is 14.4. The van der Waals surface area contributed by atoms with Crippen molar-refractivity contribution in [3.63, 3.8) is 0 Å². The quantitative estimate of drug-likeness (QED) is 0.323. The number of carbonyl (C=O) groups excluding carboxylic acids is 1. The largest absolute Gasteiger partial charge is 0.497 e. The third kappa shape index (κ3) is 3.79. The minimum atomic E-state index is -0.497. The first-order valence-corrected chi connectivity index (χ1v) is 8.91. The van der Waals surface area contributed by atoms with Crippen LogP contribution in [-0.4, -0.2) is 29.4 Å². The molecule has 0 aliphatic carbocycles. The third-order valence-electron chi connectivity index (χ3n) is 3.84. The summed E-state index contributed by atoms with van der Waals surface area (Å²) in [5, 5.41) is 10.8. The number of methoxy groups -OCH3 is 2. The normalized spacial score (nSPS) is 15.3. The Morgan fingerprint density at radius 1 is 1.15 bits per heavy atom. The molecular formula is C18H14N2O5S2. The molecule has 9 heteroatoms. The van der Waals surface area contributed by atoms with Crippen LogP contribution in [0.1, 0.15) is 5.56 Å². The first-order valence-electron chi connectivity index (χ1n) is 7.69. The van der Waals surface area contributed by atoms with Crippen molar-refractivity contribution in [1.82, 2.24) is 0 Å². The molecule has 7 nitrogen and oxygen atoms in total. The van der Waals surface area contributed by atoms with Gasteiger partial charge < -0.3 is 9.47 Å². The Balaban J connectivity index is 1.94. The first-order chi connectivity index (χ1) is 12.9. The van der Waals surface area contributed by atoms with Crippen LogP contribution in [-0.2, 0) is 4.79 Å². The van der Waals surface area contributed by atoms with Gasteiger partial charge in [0.1, 0.15) is 11.5 Å². The molecule has 138 valence electrons. The summed E-state index contributed by atoms with van der Waals surface area (Å²) in [4.78, 5) is 24.9. The number of nitro benzene ring substituents is 1.